The number of aliphatic hydroxyl groups excluding tert-OH is 1. The minimum atomic E-state index is -4.72. The fourth-order valence-corrected chi connectivity index (χ4v) is 4.76. The van der Waals surface area contributed by atoms with Crippen LogP contribution in [0.4, 0.5) is 24.7 Å². The van der Waals surface area contributed by atoms with Gasteiger partial charge in [-0.25, -0.2) is 4.98 Å². The number of benzene rings is 2. The van der Waals surface area contributed by atoms with Crippen LogP contribution in [0.5, 0.6) is 0 Å². The second-order valence-corrected chi connectivity index (χ2v) is 9.71. The molecule has 0 bridgehead atoms. The molecule has 8 nitrogen and oxygen atoms in total. The van der Waals surface area contributed by atoms with Gasteiger partial charge in [0.25, 0.3) is 11.8 Å². The summed E-state index contributed by atoms with van der Waals surface area (Å²) < 4.78 is 41.1. The molecule has 4 aromatic rings. The fourth-order valence-electron chi connectivity index (χ4n) is 4.76. The Bertz CT molecular complexity index is 1480. The van der Waals surface area contributed by atoms with Crippen molar-refractivity contribution in [3.8, 4) is 11.3 Å². The highest BCUT2D eigenvalue weighted by atomic mass is 19.4. The molecule has 3 N–H and O–H groups in total. The molecule has 1 aliphatic heterocycles. The van der Waals surface area contributed by atoms with Gasteiger partial charge in [-0.1, -0.05) is 60.7 Å². The molecule has 1 saturated heterocycles. The van der Waals surface area contributed by atoms with Crippen molar-refractivity contribution in [3.05, 3.63) is 102 Å². The molecule has 1 unspecified atom stereocenters. The van der Waals surface area contributed by atoms with Crippen LogP contribution in [0.2, 0.25) is 0 Å². The number of aliphatic hydroxyl groups is 1. The summed E-state index contributed by atoms with van der Waals surface area (Å²) in [6.07, 6.45) is -4.22. The van der Waals surface area contributed by atoms with E-state index in [1.54, 1.807) is 47.4 Å². The van der Waals surface area contributed by atoms with Crippen molar-refractivity contribution < 1.29 is 27.9 Å². The van der Waals surface area contributed by atoms with Gasteiger partial charge < -0.3 is 25.2 Å². The van der Waals surface area contributed by atoms with E-state index in [9.17, 15) is 27.9 Å². The number of carbonyl (C=O) groups is 2. The number of H-pyrrole nitrogens is 1. The normalized spacial score (nSPS) is 14.5. The second kappa shape index (κ2) is 11.8. The lowest BCUT2D eigenvalue weighted by molar-refractivity contribution is -0.140. The number of anilines is 2. The number of carbonyl (C=O) groups excluding carboxylic acids is 2. The van der Waals surface area contributed by atoms with E-state index in [0.717, 1.165) is 11.6 Å². The first-order valence-corrected chi connectivity index (χ1v) is 13.1. The van der Waals surface area contributed by atoms with E-state index in [1.165, 1.54) is 6.20 Å². The Morgan fingerprint density at radius 2 is 1.61 bits per heavy atom. The van der Waals surface area contributed by atoms with Gasteiger partial charge >= 0.3 is 6.18 Å². The van der Waals surface area contributed by atoms with Crippen LogP contribution in [-0.4, -0.2) is 64.1 Å². The smallest absolute Gasteiger partial charge is 0.383 e. The van der Waals surface area contributed by atoms with Crippen LogP contribution in [0.25, 0.3) is 11.3 Å². The van der Waals surface area contributed by atoms with Crippen LogP contribution in [0.15, 0.2) is 85.1 Å². The molecule has 1 atom stereocenters. The molecule has 5 rings (SSSR count). The first-order valence-electron chi connectivity index (χ1n) is 13.1. The second-order valence-electron chi connectivity index (χ2n) is 9.71. The van der Waals surface area contributed by atoms with Gasteiger partial charge in [0.1, 0.15) is 17.6 Å². The molecule has 2 aromatic carbocycles. The van der Waals surface area contributed by atoms with Gasteiger partial charge in [0, 0.05) is 38.3 Å². The Morgan fingerprint density at radius 3 is 2.22 bits per heavy atom. The van der Waals surface area contributed by atoms with Crippen LogP contribution in [0.1, 0.15) is 21.6 Å². The molecule has 2 amide bonds. The van der Waals surface area contributed by atoms with E-state index in [4.69, 9.17) is 0 Å². The molecule has 0 radical (unpaired) electrons. The average molecular weight is 564 g/mol. The lowest BCUT2D eigenvalue weighted by Crippen LogP contribution is -2.52. The summed E-state index contributed by atoms with van der Waals surface area (Å²) >= 11 is 0. The zero-order chi connectivity index (χ0) is 29.0. The highest BCUT2D eigenvalue weighted by molar-refractivity contribution is 6.04. The molecule has 11 heteroatoms. The van der Waals surface area contributed by atoms with E-state index >= 15 is 0 Å². The highest BCUT2D eigenvalue weighted by Gasteiger charge is 2.37. The van der Waals surface area contributed by atoms with E-state index in [0.29, 0.717) is 37.6 Å². The third-order valence-electron chi connectivity index (χ3n) is 6.91. The number of halogens is 3. The maximum Gasteiger partial charge on any atom is 0.418 e. The number of hydrogen-bond acceptors (Lipinski definition) is 5. The van der Waals surface area contributed by atoms with Gasteiger partial charge in [0.2, 0.25) is 0 Å². The van der Waals surface area contributed by atoms with Crippen LogP contribution >= 0.6 is 0 Å². The molecule has 3 heterocycles. The summed E-state index contributed by atoms with van der Waals surface area (Å²) in [7, 11) is 0. The van der Waals surface area contributed by atoms with Gasteiger partial charge in [-0.3, -0.25) is 9.59 Å². The Balaban J connectivity index is 1.19. The van der Waals surface area contributed by atoms with Crippen LogP contribution in [0.3, 0.4) is 0 Å². The lowest BCUT2D eigenvalue weighted by atomic mass is 10.1. The van der Waals surface area contributed by atoms with Gasteiger partial charge in [0.05, 0.1) is 17.4 Å². The number of pyridine rings is 1. The number of aromatic nitrogens is 2. The zero-order valence-corrected chi connectivity index (χ0v) is 21.9. The van der Waals surface area contributed by atoms with Crippen molar-refractivity contribution in [2.45, 2.75) is 18.7 Å². The summed E-state index contributed by atoms with van der Waals surface area (Å²) in [5.74, 6) is -0.658. The maximum absolute atomic E-state index is 13.7. The summed E-state index contributed by atoms with van der Waals surface area (Å²) in [5.41, 5.74) is 0.180. The Morgan fingerprint density at radius 1 is 0.951 bits per heavy atom. The number of amides is 2. The number of piperazine rings is 1. The van der Waals surface area contributed by atoms with E-state index in [2.05, 4.69) is 15.3 Å². The average Bonchev–Trinajstić information content (AvgIpc) is 3.45. The first-order chi connectivity index (χ1) is 19.7. The Labute approximate surface area is 234 Å². The molecule has 0 saturated carbocycles. The number of rotatable bonds is 7. The van der Waals surface area contributed by atoms with Crippen molar-refractivity contribution in [2.75, 3.05) is 36.4 Å². The van der Waals surface area contributed by atoms with Crippen molar-refractivity contribution >= 4 is 23.3 Å². The maximum atomic E-state index is 13.7. The largest absolute Gasteiger partial charge is 0.418 e. The first kappa shape index (κ1) is 27.9. The summed E-state index contributed by atoms with van der Waals surface area (Å²) in [6.45, 7) is 1.79. The summed E-state index contributed by atoms with van der Waals surface area (Å²) in [5, 5.41) is 12.9. The molecular formula is C30H28F3N5O3. The lowest BCUT2D eigenvalue weighted by Gasteiger charge is -2.36. The van der Waals surface area contributed by atoms with E-state index in [1.807, 2.05) is 35.2 Å². The fraction of sp³-hybridized carbons (Fsp3) is 0.233. The predicted molar refractivity (Wildman–Crippen MR) is 148 cm³/mol. The molecule has 1 fully saturated rings. The topological polar surface area (TPSA) is 102 Å². The summed E-state index contributed by atoms with van der Waals surface area (Å²) in [6, 6.07) is 21.9. The quantitative estimate of drug-likeness (QED) is 0.305. The van der Waals surface area contributed by atoms with Gasteiger partial charge in [0.15, 0.2) is 0 Å². The number of nitrogens with zero attached hydrogens (tertiary/aromatic N) is 3. The van der Waals surface area contributed by atoms with Crippen molar-refractivity contribution in [1.29, 1.82) is 0 Å². The number of hydrogen-bond donors (Lipinski definition) is 3. The molecule has 212 valence electrons. The van der Waals surface area contributed by atoms with Crippen molar-refractivity contribution in [1.82, 2.24) is 14.9 Å². The number of alkyl halides is 3. The third kappa shape index (κ3) is 6.58. The zero-order valence-electron chi connectivity index (χ0n) is 21.9. The van der Waals surface area contributed by atoms with Gasteiger partial charge in [-0.05, 0) is 29.3 Å². The minimum Gasteiger partial charge on any atom is -0.383 e. The van der Waals surface area contributed by atoms with Crippen molar-refractivity contribution in [3.63, 3.8) is 0 Å². The molecule has 41 heavy (non-hydrogen) atoms. The number of aromatic amines is 1. The molecular weight excluding hydrogens is 535 g/mol. The standard InChI is InChI=1S/C30H28F3N5O3/c31-30(32,33)23-18-24(21-9-5-2-6-10-21)36-27(23)28(40)35-22-11-12-26(34-19-22)37-13-15-38(16-14-37)29(41)25(39)17-20-7-3-1-4-8-20/h1-12,18-19,25,36,39H,13-17H2,(H,35,40). The van der Waals surface area contributed by atoms with E-state index in [-0.39, 0.29) is 23.7 Å². The van der Waals surface area contributed by atoms with Crippen LogP contribution < -0.4 is 10.2 Å². The van der Waals surface area contributed by atoms with Crippen molar-refractivity contribution in [2.24, 2.45) is 0 Å². The molecule has 0 aliphatic carbocycles. The number of nitrogens with one attached hydrogen (secondary N) is 2. The predicted octanol–water partition coefficient (Wildman–Crippen LogP) is 4.60. The monoisotopic (exact) mass is 563 g/mol. The van der Waals surface area contributed by atoms with Gasteiger partial charge in [-0.2, -0.15) is 13.2 Å². The van der Waals surface area contributed by atoms with Crippen LogP contribution in [0, 0.1) is 0 Å². The van der Waals surface area contributed by atoms with Crippen LogP contribution in [-0.2, 0) is 17.4 Å². The molecule has 1 aliphatic rings. The SMILES string of the molecule is O=C(Nc1ccc(N2CCN(C(=O)C(O)Cc3ccccc3)CC2)nc1)c1[nH]c(-c2ccccc2)cc1C(F)(F)F. The molecule has 0 spiro atoms. The molecule has 2 aromatic heterocycles. The van der Waals surface area contributed by atoms with Gasteiger partial charge in [-0.15, -0.1) is 0 Å². The Hall–Kier alpha value is -4.64. The summed E-state index contributed by atoms with van der Waals surface area (Å²) in [4.78, 5) is 36.1. The Kier molecular flexibility index (Phi) is 8.06. The third-order valence-corrected chi connectivity index (χ3v) is 6.91. The minimum absolute atomic E-state index is 0.182. The highest BCUT2D eigenvalue weighted by Crippen LogP contribution is 2.35. The van der Waals surface area contributed by atoms with E-state index < -0.39 is 29.4 Å².